The Morgan fingerprint density at radius 3 is 1.49 bits per heavy atom. The summed E-state index contributed by atoms with van der Waals surface area (Å²) in [5.41, 5.74) is 0. The summed E-state index contributed by atoms with van der Waals surface area (Å²) in [7, 11) is 0. The molecule has 2 rings (SSSR count). The fourth-order valence-corrected chi connectivity index (χ4v) is 7.01. The molecule has 0 spiro atoms. The van der Waals surface area contributed by atoms with Crippen LogP contribution in [0.15, 0.2) is 85.1 Å². The van der Waals surface area contributed by atoms with E-state index in [9.17, 15) is 40.5 Å². The Hall–Kier alpha value is -2.83. The van der Waals surface area contributed by atoms with E-state index in [1.165, 1.54) is 12.8 Å². The maximum absolute atomic E-state index is 13.0. The van der Waals surface area contributed by atoms with Crippen LogP contribution in [0.2, 0.25) is 0 Å². The van der Waals surface area contributed by atoms with Crippen molar-refractivity contribution in [3.8, 4) is 0 Å². The highest BCUT2D eigenvalue weighted by molar-refractivity contribution is 5.69. The van der Waals surface area contributed by atoms with Crippen molar-refractivity contribution < 1.29 is 69.0 Å². The van der Waals surface area contributed by atoms with Crippen LogP contribution in [0, 0.1) is 0 Å². The lowest BCUT2D eigenvalue weighted by Crippen LogP contribution is -2.61. The minimum absolute atomic E-state index is 0.0140. The number of esters is 1. The van der Waals surface area contributed by atoms with E-state index in [0.29, 0.717) is 13.0 Å². The Kier molecular flexibility index (Phi) is 34.2. The van der Waals surface area contributed by atoms with Crippen LogP contribution in [0.1, 0.15) is 129 Å². The number of unbranched alkanes of at least 4 members (excludes halogenated alkanes) is 8. The van der Waals surface area contributed by atoms with Crippen molar-refractivity contribution in [2.24, 2.45) is 0 Å². The topological polar surface area (TPSA) is 214 Å². The van der Waals surface area contributed by atoms with E-state index in [1.54, 1.807) is 0 Å². The molecule has 0 saturated carbocycles. The van der Waals surface area contributed by atoms with E-state index in [0.717, 1.165) is 89.9 Å². The highest BCUT2D eigenvalue weighted by Crippen LogP contribution is 2.26. The number of aliphatic hydroxyl groups is 7. The number of allylic oxidation sites excluding steroid dienone is 14. The van der Waals surface area contributed by atoms with E-state index in [1.807, 2.05) is 0 Å². The van der Waals surface area contributed by atoms with Gasteiger partial charge in [0.1, 0.15) is 54.9 Å². The first-order valence-corrected chi connectivity index (χ1v) is 24.2. The highest BCUT2D eigenvalue weighted by Gasteiger charge is 2.47. The zero-order valence-electron chi connectivity index (χ0n) is 39.2. The lowest BCUT2D eigenvalue weighted by molar-refractivity contribution is -0.332. The van der Waals surface area contributed by atoms with E-state index in [2.05, 4.69) is 98.9 Å². The quantitative estimate of drug-likeness (QED) is 0.0203. The van der Waals surface area contributed by atoms with Crippen LogP contribution >= 0.6 is 0 Å². The zero-order chi connectivity index (χ0) is 47.3. The van der Waals surface area contributed by atoms with Crippen LogP contribution in [0.25, 0.3) is 0 Å². The average Bonchev–Trinajstić information content (AvgIpc) is 3.30. The molecule has 2 fully saturated rings. The maximum Gasteiger partial charge on any atom is 0.306 e. The van der Waals surface area contributed by atoms with Crippen molar-refractivity contribution in [2.45, 2.75) is 197 Å². The predicted molar refractivity (Wildman–Crippen MR) is 251 cm³/mol. The Morgan fingerprint density at radius 2 is 0.954 bits per heavy atom. The van der Waals surface area contributed by atoms with Crippen molar-refractivity contribution in [2.75, 3.05) is 33.0 Å². The summed E-state index contributed by atoms with van der Waals surface area (Å²) >= 11 is 0. The summed E-state index contributed by atoms with van der Waals surface area (Å²) in [6.07, 6.45) is 30.9. The molecule has 0 bridgehead atoms. The lowest BCUT2D eigenvalue weighted by Gasteiger charge is -2.42. The number of carbonyl (C=O) groups is 1. The minimum atomic E-state index is -1.72. The van der Waals surface area contributed by atoms with Crippen molar-refractivity contribution in [3.05, 3.63) is 85.1 Å². The molecule has 0 aromatic carbocycles. The third-order valence-corrected chi connectivity index (χ3v) is 10.9. The molecular formula is C51H84O14. The van der Waals surface area contributed by atoms with Gasteiger partial charge in [0.25, 0.3) is 0 Å². The van der Waals surface area contributed by atoms with Gasteiger partial charge in [-0.3, -0.25) is 4.79 Å². The molecule has 0 radical (unpaired) electrons. The fraction of sp³-hybridized carbons (Fsp3) is 0.706. The van der Waals surface area contributed by atoms with E-state index < -0.39 is 86.7 Å². The van der Waals surface area contributed by atoms with Crippen molar-refractivity contribution in [1.82, 2.24) is 0 Å². The smallest absolute Gasteiger partial charge is 0.306 e. The average molecular weight is 921 g/mol. The summed E-state index contributed by atoms with van der Waals surface area (Å²) < 4.78 is 34.1. The largest absolute Gasteiger partial charge is 0.457 e. The molecule has 0 amide bonds. The van der Waals surface area contributed by atoms with Crippen LogP contribution in [0.3, 0.4) is 0 Å². The second-order valence-corrected chi connectivity index (χ2v) is 16.5. The Morgan fingerprint density at radius 1 is 0.508 bits per heavy atom. The zero-order valence-corrected chi connectivity index (χ0v) is 39.2. The Labute approximate surface area is 389 Å². The summed E-state index contributed by atoms with van der Waals surface area (Å²) in [5, 5.41) is 72.0. The molecule has 0 aromatic heterocycles. The first-order chi connectivity index (χ1) is 31.6. The van der Waals surface area contributed by atoms with E-state index in [4.69, 9.17) is 28.4 Å². The maximum atomic E-state index is 13.0. The second kappa shape index (κ2) is 38.2. The van der Waals surface area contributed by atoms with Crippen molar-refractivity contribution in [1.29, 1.82) is 0 Å². The van der Waals surface area contributed by atoms with E-state index >= 15 is 0 Å². The molecule has 14 nitrogen and oxygen atoms in total. The summed E-state index contributed by atoms with van der Waals surface area (Å²) in [6, 6.07) is 0. The minimum Gasteiger partial charge on any atom is -0.457 e. The molecule has 372 valence electrons. The van der Waals surface area contributed by atoms with E-state index in [-0.39, 0.29) is 19.6 Å². The van der Waals surface area contributed by atoms with Gasteiger partial charge in [0.2, 0.25) is 0 Å². The molecule has 2 saturated heterocycles. The number of ether oxygens (including phenoxy) is 6. The standard InChI is InChI=1S/C51H84O14/c1-3-5-7-9-11-13-15-17-19-20-21-22-24-26-28-30-32-34-43(53)63-40(37-60-35-33-31-29-27-25-23-18-16-14-12-10-8-6-4-2)38-61-50-49(59)47(57)45(55)42(65-50)39-62-51-48(58)46(56)44(54)41(36-52)64-51/h5-8,11-14,17-19,23,27,29,40-42,44-52,54-59H,3-4,9-10,15-16,20-22,24-26,28,30-39H2,1-2H3/b7-5-,8-6-,13-11-,14-12-,19-17-,23-18-,29-27-. The second-order valence-electron chi connectivity index (χ2n) is 16.5. The SMILES string of the molecule is CC/C=C\C/C=C\C/C=C\C/C=C\CCCOCC(COC1OC(COC2OC(CO)C(O)C(O)C2O)C(O)C(O)C1O)OC(=O)CCCCCCCCC/C=C\C/C=C\C/C=C\CC. The number of rotatable bonds is 36. The molecule has 2 aliphatic heterocycles. The predicted octanol–water partition coefficient (Wildman–Crippen LogP) is 6.51. The summed E-state index contributed by atoms with van der Waals surface area (Å²) in [6.45, 7) is 3.26. The van der Waals surface area contributed by atoms with Gasteiger partial charge in [0.05, 0.1) is 26.4 Å². The van der Waals surface area contributed by atoms with Gasteiger partial charge >= 0.3 is 5.97 Å². The third kappa shape index (κ3) is 26.3. The molecule has 65 heavy (non-hydrogen) atoms. The molecule has 0 aliphatic carbocycles. The molecule has 11 atom stereocenters. The first kappa shape index (κ1) is 58.3. The number of hydrogen-bond donors (Lipinski definition) is 7. The van der Waals surface area contributed by atoms with Crippen LogP contribution in [-0.2, 0) is 33.2 Å². The van der Waals surface area contributed by atoms with Crippen LogP contribution in [-0.4, -0.2) is 142 Å². The number of hydrogen-bond acceptors (Lipinski definition) is 14. The van der Waals surface area contributed by atoms with Gasteiger partial charge < -0.3 is 64.2 Å². The number of carbonyl (C=O) groups excluding carboxylic acids is 1. The molecule has 14 heteroatoms. The van der Waals surface area contributed by atoms with Gasteiger partial charge in [-0.2, -0.15) is 0 Å². The van der Waals surface area contributed by atoms with Gasteiger partial charge in [-0.15, -0.1) is 0 Å². The summed E-state index contributed by atoms with van der Waals surface area (Å²) in [5.74, 6) is -0.410. The Bertz CT molecular complexity index is 1390. The Balaban J connectivity index is 1.82. The van der Waals surface area contributed by atoms with Gasteiger partial charge in [-0.25, -0.2) is 0 Å². The first-order valence-electron chi connectivity index (χ1n) is 24.2. The van der Waals surface area contributed by atoms with Gasteiger partial charge in [0, 0.05) is 13.0 Å². The van der Waals surface area contributed by atoms with Gasteiger partial charge in [-0.1, -0.05) is 131 Å². The van der Waals surface area contributed by atoms with Gasteiger partial charge in [-0.05, 0) is 77.0 Å². The highest BCUT2D eigenvalue weighted by atomic mass is 16.7. The third-order valence-electron chi connectivity index (χ3n) is 10.9. The number of aliphatic hydroxyl groups excluding tert-OH is 7. The van der Waals surface area contributed by atoms with Crippen LogP contribution in [0.5, 0.6) is 0 Å². The van der Waals surface area contributed by atoms with Gasteiger partial charge in [0.15, 0.2) is 12.6 Å². The van der Waals surface area contributed by atoms with Crippen LogP contribution in [0.4, 0.5) is 0 Å². The van der Waals surface area contributed by atoms with Crippen LogP contribution < -0.4 is 0 Å². The molecule has 2 heterocycles. The van der Waals surface area contributed by atoms with Crippen molar-refractivity contribution >= 4 is 5.97 Å². The molecule has 2 aliphatic rings. The van der Waals surface area contributed by atoms with Crippen molar-refractivity contribution in [3.63, 3.8) is 0 Å². The normalized spacial score (nSPS) is 27.3. The summed E-state index contributed by atoms with van der Waals surface area (Å²) in [4.78, 5) is 13.0. The molecular weight excluding hydrogens is 837 g/mol. The monoisotopic (exact) mass is 921 g/mol. The fourth-order valence-electron chi connectivity index (χ4n) is 7.01. The molecule has 0 aromatic rings. The molecule has 7 N–H and O–H groups in total. The molecule has 11 unspecified atom stereocenters. The lowest BCUT2D eigenvalue weighted by atomic mass is 9.98.